The Morgan fingerprint density at radius 3 is 1.84 bits per heavy atom. The zero-order valence-corrected chi connectivity index (χ0v) is 44.6. The molecule has 0 aromatic rings. The van der Waals surface area contributed by atoms with E-state index in [4.69, 9.17) is 37.9 Å². The molecule has 9 aliphatic rings. The van der Waals surface area contributed by atoms with Crippen molar-refractivity contribution in [2.45, 2.75) is 235 Å². The van der Waals surface area contributed by atoms with E-state index in [2.05, 4.69) is 40.7 Å². The minimum atomic E-state index is -1.91. The van der Waals surface area contributed by atoms with E-state index in [0.717, 1.165) is 5.57 Å². The van der Waals surface area contributed by atoms with Gasteiger partial charge in [-0.05, 0) is 104 Å². The van der Waals surface area contributed by atoms with Crippen LogP contribution in [-0.4, -0.2) is 233 Å². The number of hydrogen-bond donors (Lipinski definition) is 14. The molecular formula is C53H86O23. The number of rotatable bonds is 11. The maximum atomic E-state index is 15.4. The van der Waals surface area contributed by atoms with Crippen LogP contribution < -0.4 is 0 Å². The quantitative estimate of drug-likeness (QED) is 0.0581. The van der Waals surface area contributed by atoms with Gasteiger partial charge < -0.3 is 109 Å². The van der Waals surface area contributed by atoms with Crippen molar-refractivity contribution in [1.29, 1.82) is 0 Å². The Hall–Kier alpha value is -1.63. The highest BCUT2D eigenvalue weighted by molar-refractivity contribution is 5.79. The van der Waals surface area contributed by atoms with Crippen molar-refractivity contribution < 1.29 is 114 Å². The minimum Gasteiger partial charge on any atom is -0.432 e. The monoisotopic (exact) mass is 1090 g/mol. The molecule has 4 saturated carbocycles. The molecule has 5 aliphatic carbocycles. The van der Waals surface area contributed by atoms with Crippen molar-refractivity contribution in [3.63, 3.8) is 0 Å². The van der Waals surface area contributed by atoms with Gasteiger partial charge in [-0.2, -0.15) is 0 Å². The molecule has 436 valence electrons. The van der Waals surface area contributed by atoms with Crippen molar-refractivity contribution in [1.82, 2.24) is 0 Å². The summed E-state index contributed by atoms with van der Waals surface area (Å²) in [6.07, 6.45) is -25.5. The molecule has 23 nitrogen and oxygen atoms in total. The van der Waals surface area contributed by atoms with Crippen LogP contribution in [0.2, 0.25) is 0 Å². The van der Waals surface area contributed by atoms with Gasteiger partial charge in [-0.15, -0.1) is 0 Å². The van der Waals surface area contributed by atoms with Gasteiger partial charge in [-0.25, -0.2) is 0 Å². The molecule has 0 bridgehead atoms. The average Bonchev–Trinajstić information content (AvgIpc) is 3.55. The highest BCUT2D eigenvalue weighted by Gasteiger charge is 2.72. The summed E-state index contributed by atoms with van der Waals surface area (Å²) in [5.74, 6) is -1.20. The number of allylic oxidation sites excluding steroid dienone is 2. The molecule has 0 spiro atoms. The summed E-state index contributed by atoms with van der Waals surface area (Å²) in [5, 5.41) is 152. The molecule has 8 fully saturated rings. The van der Waals surface area contributed by atoms with Crippen molar-refractivity contribution in [3.05, 3.63) is 11.6 Å². The second kappa shape index (κ2) is 21.3. The van der Waals surface area contributed by atoms with E-state index < -0.39 is 170 Å². The minimum absolute atomic E-state index is 0.0243. The third kappa shape index (κ3) is 9.37. The Morgan fingerprint density at radius 1 is 0.605 bits per heavy atom. The van der Waals surface area contributed by atoms with E-state index in [-0.39, 0.29) is 48.2 Å². The molecule has 4 heterocycles. The van der Waals surface area contributed by atoms with Gasteiger partial charge >= 0.3 is 5.97 Å². The largest absolute Gasteiger partial charge is 0.432 e. The van der Waals surface area contributed by atoms with Crippen molar-refractivity contribution >= 4 is 5.97 Å². The Morgan fingerprint density at radius 2 is 1.18 bits per heavy atom. The Kier molecular flexibility index (Phi) is 16.5. The fourth-order valence-corrected chi connectivity index (χ4v) is 16.3. The molecule has 0 aromatic carbocycles. The van der Waals surface area contributed by atoms with E-state index in [9.17, 15) is 71.5 Å². The van der Waals surface area contributed by atoms with Crippen LogP contribution in [0.5, 0.6) is 0 Å². The first-order chi connectivity index (χ1) is 35.6. The lowest BCUT2D eigenvalue weighted by molar-refractivity contribution is -0.375. The number of carbonyl (C=O) groups excluding carboxylic acids is 1. The molecule has 0 aromatic heterocycles. The summed E-state index contributed by atoms with van der Waals surface area (Å²) in [6, 6.07) is 0. The number of esters is 1. The Bertz CT molecular complexity index is 2100. The maximum absolute atomic E-state index is 15.4. The number of carbonyl (C=O) groups is 1. The van der Waals surface area contributed by atoms with Gasteiger partial charge in [0.25, 0.3) is 0 Å². The van der Waals surface area contributed by atoms with E-state index >= 15 is 4.79 Å². The summed E-state index contributed by atoms with van der Waals surface area (Å²) >= 11 is 0. The zero-order chi connectivity index (χ0) is 55.6. The second-order valence-corrected chi connectivity index (χ2v) is 25.8. The lowest BCUT2D eigenvalue weighted by Crippen LogP contribution is -2.69. The third-order valence-electron chi connectivity index (χ3n) is 21.1. The number of ether oxygens (including phenoxy) is 8. The van der Waals surface area contributed by atoms with Crippen LogP contribution in [0, 0.1) is 50.2 Å². The van der Waals surface area contributed by atoms with Gasteiger partial charge in [-0.3, -0.25) is 4.79 Å². The predicted octanol–water partition coefficient (Wildman–Crippen LogP) is -2.43. The number of aliphatic hydroxyl groups is 14. The fraction of sp³-hybridized carbons (Fsp3) is 0.943. The van der Waals surface area contributed by atoms with E-state index in [1.165, 1.54) is 6.92 Å². The van der Waals surface area contributed by atoms with Crippen LogP contribution in [0.15, 0.2) is 11.6 Å². The molecule has 76 heavy (non-hydrogen) atoms. The summed E-state index contributed by atoms with van der Waals surface area (Å²) in [4.78, 5) is 15.4. The van der Waals surface area contributed by atoms with Crippen LogP contribution in [0.3, 0.4) is 0 Å². The van der Waals surface area contributed by atoms with Gasteiger partial charge in [0.15, 0.2) is 25.0 Å². The number of hydrogen-bond acceptors (Lipinski definition) is 23. The number of aliphatic hydroxyl groups excluding tert-OH is 14. The van der Waals surface area contributed by atoms with Gasteiger partial charge in [0.1, 0.15) is 79.4 Å². The van der Waals surface area contributed by atoms with E-state index in [1.54, 1.807) is 0 Å². The lowest BCUT2D eigenvalue weighted by atomic mass is 9.33. The average molecular weight is 1090 g/mol. The van der Waals surface area contributed by atoms with Crippen LogP contribution in [0.25, 0.3) is 0 Å². The molecule has 23 heteroatoms. The highest BCUT2D eigenvalue weighted by atomic mass is 16.8. The van der Waals surface area contributed by atoms with E-state index in [1.807, 2.05) is 6.92 Å². The standard InChI is InChI=1S/C53H86O23/c1-22-40(73-43-37(65)31(59)26(58)20-69-43)36(64)39(67)44(70-22)74-41-35(63)33(61)28(19-55)72-46(41)76-47(68)53-14-12-48(2,3)16-24(53)23-8-9-30-49(4)17-25(57)42(75-45-38(66)34(62)32(60)27(18-54)71-45)50(5,21-56)29(49)10-11-52(30,7)51(23,6)13-15-53/h8,22,24-46,54-67H,9-21H2,1-7H3/t22?,24?,25?,26?,27?,28?,29?,30?,31?,32?,33?,34?,35?,36?,37?,38?,39?,40?,41?,42?,43?,44?,45?,46?,49-,50-,51+,52+,53-/m0/s1. The SMILES string of the molecule is CC1OC(OC2C(OC(=O)[C@]34CCC(C)(C)CC3C3=CCC5[C@@]6(C)CC(O)C(OC7OC(CO)C(O)C(O)C7O)[C@@](C)(CO)C6CC[C@@]5(C)[C@]3(C)CC4)OC(CO)C(O)C2O)C(O)C(O)C1OC1OCC(O)C(O)C1O. The topological polar surface area (TPSA) is 374 Å². The normalized spacial score (nSPS) is 55.2. The smallest absolute Gasteiger partial charge is 0.315 e. The first kappa shape index (κ1) is 59.0. The molecular weight excluding hydrogens is 1000 g/mol. The first-order valence-electron chi connectivity index (χ1n) is 27.4. The molecule has 14 N–H and O–H groups in total. The Labute approximate surface area is 442 Å². The highest BCUT2D eigenvalue weighted by Crippen LogP contribution is 2.76. The van der Waals surface area contributed by atoms with Gasteiger partial charge in [0, 0.05) is 5.41 Å². The van der Waals surface area contributed by atoms with Gasteiger partial charge in [-0.1, -0.05) is 53.2 Å². The first-order valence-corrected chi connectivity index (χ1v) is 27.4. The van der Waals surface area contributed by atoms with Crippen molar-refractivity contribution in [2.24, 2.45) is 50.2 Å². The van der Waals surface area contributed by atoms with E-state index in [0.29, 0.717) is 51.4 Å². The lowest BCUT2D eigenvalue weighted by Gasteiger charge is -2.72. The third-order valence-corrected chi connectivity index (χ3v) is 21.1. The fourth-order valence-electron chi connectivity index (χ4n) is 16.3. The second-order valence-electron chi connectivity index (χ2n) is 25.8. The molecule has 29 atom stereocenters. The molecule has 4 aliphatic heterocycles. The summed E-state index contributed by atoms with van der Waals surface area (Å²) in [6.45, 7) is 12.2. The summed E-state index contributed by atoms with van der Waals surface area (Å²) in [5.41, 5.74) is -2.67. The van der Waals surface area contributed by atoms with Crippen LogP contribution >= 0.6 is 0 Å². The maximum Gasteiger partial charge on any atom is 0.315 e. The summed E-state index contributed by atoms with van der Waals surface area (Å²) < 4.78 is 47.5. The predicted molar refractivity (Wildman–Crippen MR) is 258 cm³/mol. The Balaban J connectivity index is 0.963. The van der Waals surface area contributed by atoms with Crippen molar-refractivity contribution in [3.8, 4) is 0 Å². The zero-order valence-electron chi connectivity index (χ0n) is 44.6. The summed E-state index contributed by atoms with van der Waals surface area (Å²) in [7, 11) is 0. The van der Waals surface area contributed by atoms with Crippen LogP contribution in [-0.2, 0) is 42.7 Å². The van der Waals surface area contributed by atoms with Gasteiger partial charge in [0.2, 0.25) is 6.29 Å². The van der Waals surface area contributed by atoms with Crippen molar-refractivity contribution in [2.75, 3.05) is 26.4 Å². The number of fused-ring (bicyclic) bond motifs is 7. The molecule has 0 amide bonds. The molecule has 9 rings (SSSR count). The van der Waals surface area contributed by atoms with Gasteiger partial charge in [0.05, 0.1) is 50.2 Å². The molecule has 0 radical (unpaired) electrons. The molecule has 24 unspecified atom stereocenters. The van der Waals surface area contributed by atoms with Crippen LogP contribution in [0.1, 0.15) is 106 Å². The molecule has 4 saturated heterocycles. The van der Waals surface area contributed by atoms with Crippen LogP contribution in [0.4, 0.5) is 0 Å².